The summed E-state index contributed by atoms with van der Waals surface area (Å²) in [6.45, 7) is 0. The zero-order valence-corrected chi connectivity index (χ0v) is 14.5. The Morgan fingerprint density at radius 1 is 1.26 bits per heavy atom. The number of nitrogens with zero attached hydrogens (tertiary/aromatic N) is 4. The number of rotatable bonds is 5. The lowest BCUT2D eigenvalue weighted by Gasteiger charge is -2.09. The van der Waals surface area contributed by atoms with Gasteiger partial charge in [-0.15, -0.1) is 5.10 Å². The molecule has 3 aromatic rings. The fourth-order valence-corrected chi connectivity index (χ4v) is 3.21. The molecule has 0 saturated heterocycles. The maximum absolute atomic E-state index is 13.9. The summed E-state index contributed by atoms with van der Waals surface area (Å²) in [5.74, 6) is 0.828. The zero-order valence-electron chi connectivity index (χ0n) is 12.1. The lowest BCUT2D eigenvalue weighted by Crippen LogP contribution is -2.02. The summed E-state index contributed by atoms with van der Waals surface area (Å²) in [4.78, 5) is 0. The van der Waals surface area contributed by atoms with Crippen molar-refractivity contribution in [3.05, 3.63) is 58.3 Å². The predicted octanol–water partition coefficient (Wildman–Crippen LogP) is 3.86. The van der Waals surface area contributed by atoms with Gasteiger partial charge in [0.15, 0.2) is 0 Å². The van der Waals surface area contributed by atoms with Crippen LogP contribution in [0.4, 0.5) is 4.39 Å². The second-order valence-corrected chi connectivity index (χ2v) is 6.43. The van der Waals surface area contributed by atoms with Gasteiger partial charge in [0.05, 0.1) is 7.11 Å². The second-order valence-electron chi connectivity index (χ2n) is 4.57. The Balaban J connectivity index is 1.84. The molecule has 118 valence electrons. The van der Waals surface area contributed by atoms with E-state index in [1.54, 1.807) is 17.9 Å². The highest BCUT2D eigenvalue weighted by Gasteiger charge is 2.14. The monoisotopic (exact) mass is 394 g/mol. The van der Waals surface area contributed by atoms with Gasteiger partial charge in [-0.25, -0.2) is 4.39 Å². The van der Waals surface area contributed by atoms with Crippen molar-refractivity contribution < 1.29 is 9.13 Å². The van der Waals surface area contributed by atoms with Crippen molar-refractivity contribution in [1.29, 1.82) is 0 Å². The average Bonchev–Trinajstić information content (AvgIpc) is 3.02. The normalized spacial score (nSPS) is 10.7. The Bertz CT molecular complexity index is 827. The van der Waals surface area contributed by atoms with Gasteiger partial charge in [0.1, 0.15) is 17.3 Å². The van der Waals surface area contributed by atoms with Crippen molar-refractivity contribution in [2.24, 2.45) is 0 Å². The Morgan fingerprint density at radius 2 is 2.09 bits per heavy atom. The summed E-state index contributed by atoms with van der Waals surface area (Å²) < 4.78 is 21.5. The van der Waals surface area contributed by atoms with Crippen LogP contribution in [0, 0.1) is 5.82 Å². The van der Waals surface area contributed by atoms with Crippen LogP contribution in [0.5, 0.6) is 5.75 Å². The number of thioether (sulfide) groups is 1. The Hall–Kier alpha value is -1.93. The van der Waals surface area contributed by atoms with E-state index in [0.29, 0.717) is 26.7 Å². The van der Waals surface area contributed by atoms with Gasteiger partial charge in [-0.05, 0) is 40.3 Å². The molecular weight excluding hydrogens is 383 g/mol. The molecule has 0 amide bonds. The SMILES string of the molecule is COc1ccccc1-n1nnnc1SCc1ccc(Br)cc1F. The van der Waals surface area contributed by atoms with Crippen molar-refractivity contribution in [2.75, 3.05) is 7.11 Å². The van der Waals surface area contributed by atoms with E-state index in [2.05, 4.69) is 31.5 Å². The average molecular weight is 395 g/mol. The van der Waals surface area contributed by atoms with Gasteiger partial charge in [-0.2, -0.15) is 4.68 Å². The highest BCUT2D eigenvalue weighted by Crippen LogP contribution is 2.28. The fraction of sp³-hybridized carbons (Fsp3) is 0.133. The van der Waals surface area contributed by atoms with Gasteiger partial charge >= 0.3 is 0 Å². The quantitative estimate of drug-likeness (QED) is 0.614. The number of hydrogen-bond acceptors (Lipinski definition) is 5. The zero-order chi connectivity index (χ0) is 16.2. The molecule has 23 heavy (non-hydrogen) atoms. The summed E-state index contributed by atoms with van der Waals surface area (Å²) in [7, 11) is 1.59. The minimum absolute atomic E-state index is 0.261. The van der Waals surface area contributed by atoms with E-state index in [0.717, 1.165) is 5.69 Å². The molecule has 0 fully saturated rings. The topological polar surface area (TPSA) is 52.8 Å². The summed E-state index contributed by atoms with van der Waals surface area (Å²) >= 11 is 4.60. The molecule has 0 aliphatic carbocycles. The van der Waals surface area contributed by atoms with E-state index in [1.165, 1.54) is 17.8 Å². The molecule has 0 aliphatic heterocycles. The van der Waals surface area contributed by atoms with Gasteiger partial charge in [-0.3, -0.25) is 0 Å². The first-order valence-corrected chi connectivity index (χ1v) is 8.45. The predicted molar refractivity (Wildman–Crippen MR) is 89.4 cm³/mol. The molecule has 0 N–H and O–H groups in total. The van der Waals surface area contributed by atoms with Gasteiger partial charge in [0.25, 0.3) is 0 Å². The van der Waals surface area contributed by atoms with Gasteiger partial charge in [-0.1, -0.05) is 45.9 Å². The molecule has 8 heteroatoms. The lowest BCUT2D eigenvalue weighted by atomic mass is 10.2. The number of ether oxygens (including phenoxy) is 1. The van der Waals surface area contributed by atoms with Crippen LogP contribution in [-0.4, -0.2) is 27.3 Å². The van der Waals surface area contributed by atoms with Gasteiger partial charge in [0.2, 0.25) is 5.16 Å². The molecule has 0 unspecified atom stereocenters. The van der Waals surface area contributed by atoms with Crippen molar-refractivity contribution in [3.63, 3.8) is 0 Å². The minimum atomic E-state index is -0.261. The van der Waals surface area contributed by atoms with E-state index in [4.69, 9.17) is 4.74 Å². The number of hydrogen-bond donors (Lipinski definition) is 0. The number of tetrazole rings is 1. The first kappa shape index (κ1) is 15.9. The standard InChI is InChI=1S/C15H12BrFN4OS/c1-22-14-5-3-2-4-13(14)21-15(18-19-20-21)23-9-10-6-7-11(16)8-12(10)17/h2-8H,9H2,1H3. The molecule has 1 heterocycles. The summed E-state index contributed by atoms with van der Waals surface area (Å²) in [6.07, 6.45) is 0. The Kier molecular flexibility index (Phi) is 4.92. The number of para-hydroxylation sites is 2. The third kappa shape index (κ3) is 3.53. The molecule has 1 aromatic heterocycles. The molecule has 0 radical (unpaired) electrons. The Morgan fingerprint density at radius 3 is 2.87 bits per heavy atom. The molecule has 0 spiro atoms. The third-order valence-corrected chi connectivity index (χ3v) is 4.59. The van der Waals surface area contributed by atoms with Crippen LogP contribution >= 0.6 is 27.7 Å². The van der Waals surface area contributed by atoms with E-state index in [9.17, 15) is 4.39 Å². The number of methoxy groups -OCH3 is 1. The number of halogens is 2. The molecule has 3 rings (SSSR count). The third-order valence-electron chi connectivity index (χ3n) is 3.13. The molecular formula is C15H12BrFN4OS. The highest BCUT2D eigenvalue weighted by molar-refractivity contribution is 9.10. The van der Waals surface area contributed by atoms with Crippen LogP contribution in [0.3, 0.4) is 0 Å². The first-order chi connectivity index (χ1) is 11.2. The summed E-state index contributed by atoms with van der Waals surface area (Å²) in [5.41, 5.74) is 1.33. The molecule has 0 bridgehead atoms. The van der Waals surface area contributed by atoms with Crippen molar-refractivity contribution in [2.45, 2.75) is 10.9 Å². The molecule has 0 aliphatic rings. The van der Waals surface area contributed by atoms with Gasteiger partial charge in [0, 0.05) is 10.2 Å². The second kappa shape index (κ2) is 7.10. The van der Waals surface area contributed by atoms with E-state index >= 15 is 0 Å². The maximum atomic E-state index is 13.9. The van der Waals surface area contributed by atoms with E-state index in [1.807, 2.05) is 30.3 Å². The highest BCUT2D eigenvalue weighted by atomic mass is 79.9. The minimum Gasteiger partial charge on any atom is -0.494 e. The van der Waals surface area contributed by atoms with Crippen molar-refractivity contribution in [1.82, 2.24) is 20.2 Å². The first-order valence-electron chi connectivity index (χ1n) is 6.67. The van der Waals surface area contributed by atoms with Crippen LogP contribution < -0.4 is 4.74 Å². The smallest absolute Gasteiger partial charge is 0.214 e. The number of benzene rings is 2. The van der Waals surface area contributed by atoms with Crippen molar-refractivity contribution >= 4 is 27.7 Å². The molecule has 5 nitrogen and oxygen atoms in total. The summed E-state index contributed by atoms with van der Waals surface area (Å²) in [5, 5.41) is 12.3. The molecule has 2 aromatic carbocycles. The van der Waals surface area contributed by atoms with E-state index < -0.39 is 0 Å². The lowest BCUT2D eigenvalue weighted by molar-refractivity contribution is 0.410. The van der Waals surface area contributed by atoms with E-state index in [-0.39, 0.29) is 5.82 Å². The van der Waals surface area contributed by atoms with Crippen LogP contribution in [-0.2, 0) is 5.75 Å². The molecule has 0 atom stereocenters. The van der Waals surface area contributed by atoms with Crippen LogP contribution in [0.1, 0.15) is 5.56 Å². The maximum Gasteiger partial charge on any atom is 0.214 e. The van der Waals surface area contributed by atoms with Crippen LogP contribution in [0.25, 0.3) is 5.69 Å². The van der Waals surface area contributed by atoms with Gasteiger partial charge < -0.3 is 4.74 Å². The summed E-state index contributed by atoms with van der Waals surface area (Å²) in [6, 6.07) is 12.4. The van der Waals surface area contributed by atoms with Crippen LogP contribution in [0.15, 0.2) is 52.1 Å². The van der Waals surface area contributed by atoms with Crippen molar-refractivity contribution in [3.8, 4) is 11.4 Å². The Labute approximate surface area is 145 Å². The fourth-order valence-electron chi connectivity index (χ4n) is 2.01. The molecule has 0 saturated carbocycles. The number of aromatic nitrogens is 4. The largest absolute Gasteiger partial charge is 0.494 e. The van der Waals surface area contributed by atoms with Crippen LogP contribution in [0.2, 0.25) is 0 Å².